The maximum Gasteiger partial charge on any atom is 0.255 e. The van der Waals surface area contributed by atoms with Crippen molar-refractivity contribution in [2.45, 2.75) is 32.2 Å². The van der Waals surface area contributed by atoms with Crippen molar-refractivity contribution in [1.82, 2.24) is 10.6 Å². The minimum atomic E-state index is -0.687. The van der Waals surface area contributed by atoms with E-state index in [0.717, 1.165) is 21.9 Å². The Hall–Kier alpha value is -4.11. The van der Waals surface area contributed by atoms with Crippen LogP contribution in [-0.4, -0.2) is 48.6 Å². The number of phenols is 1. The molecule has 0 aromatic heterocycles. The number of aromatic hydroxyl groups is 1. The molecule has 0 spiro atoms. The number of carbonyl (C=O) groups excluding carboxylic acids is 3. The third-order valence-corrected chi connectivity index (χ3v) is 5.62. The van der Waals surface area contributed by atoms with Gasteiger partial charge >= 0.3 is 0 Å². The van der Waals surface area contributed by atoms with E-state index < -0.39 is 17.9 Å². The number of hydrogen-bond acceptors (Lipinski definition) is 6. The Morgan fingerprint density at radius 1 is 0.972 bits per heavy atom. The van der Waals surface area contributed by atoms with Gasteiger partial charge in [0.1, 0.15) is 11.5 Å². The first-order valence-corrected chi connectivity index (χ1v) is 11.8. The molecule has 9 heteroatoms. The summed E-state index contributed by atoms with van der Waals surface area (Å²) < 4.78 is 5.91. The maximum absolute atomic E-state index is 12.6. The van der Waals surface area contributed by atoms with E-state index in [4.69, 9.17) is 16.2 Å². The van der Waals surface area contributed by atoms with Gasteiger partial charge in [0.2, 0.25) is 11.8 Å². The predicted molar refractivity (Wildman–Crippen MR) is 138 cm³/mol. The quantitative estimate of drug-likeness (QED) is 0.243. The van der Waals surface area contributed by atoms with Gasteiger partial charge in [-0.15, -0.1) is 0 Å². The van der Waals surface area contributed by atoms with E-state index in [9.17, 15) is 19.5 Å². The summed E-state index contributed by atoms with van der Waals surface area (Å²) >= 11 is 0. The summed E-state index contributed by atoms with van der Waals surface area (Å²) in [5.41, 5.74) is 13.4. The minimum Gasteiger partial charge on any atom is -0.508 e. The van der Waals surface area contributed by atoms with Gasteiger partial charge in [0.05, 0.1) is 24.8 Å². The van der Waals surface area contributed by atoms with Crippen LogP contribution in [0.4, 0.5) is 0 Å². The van der Waals surface area contributed by atoms with E-state index in [1.807, 2.05) is 25.1 Å². The largest absolute Gasteiger partial charge is 0.508 e. The number of unbranched alkanes of at least 4 members (excludes halogenated alkanes) is 1. The highest BCUT2D eigenvalue weighted by Crippen LogP contribution is 2.27. The Kier molecular flexibility index (Phi) is 9.24. The Bertz CT molecular complexity index is 1230. The van der Waals surface area contributed by atoms with Crippen LogP contribution in [0.25, 0.3) is 10.8 Å². The molecule has 0 fully saturated rings. The van der Waals surface area contributed by atoms with Crippen molar-refractivity contribution in [1.29, 1.82) is 0 Å². The van der Waals surface area contributed by atoms with Crippen LogP contribution in [-0.2, 0) is 16.0 Å². The Balaban J connectivity index is 1.51. The van der Waals surface area contributed by atoms with E-state index in [0.29, 0.717) is 43.7 Å². The fraction of sp³-hybridized carbons (Fsp3) is 0.296. The van der Waals surface area contributed by atoms with Gasteiger partial charge < -0.3 is 31.9 Å². The molecule has 0 bridgehead atoms. The van der Waals surface area contributed by atoms with E-state index in [1.54, 1.807) is 36.4 Å². The van der Waals surface area contributed by atoms with Crippen LogP contribution in [0.5, 0.6) is 11.5 Å². The average Bonchev–Trinajstić information content (AvgIpc) is 2.85. The first-order valence-electron chi connectivity index (χ1n) is 11.8. The topological polar surface area (TPSA) is 157 Å². The molecular weight excluding hydrogens is 460 g/mol. The number of rotatable bonds is 12. The summed E-state index contributed by atoms with van der Waals surface area (Å²) in [6.45, 7) is 2.48. The summed E-state index contributed by atoms with van der Waals surface area (Å²) in [4.78, 5) is 36.0. The van der Waals surface area contributed by atoms with E-state index in [-0.39, 0.29) is 18.2 Å². The highest BCUT2D eigenvalue weighted by atomic mass is 16.5. The van der Waals surface area contributed by atoms with Crippen molar-refractivity contribution in [3.63, 3.8) is 0 Å². The molecule has 36 heavy (non-hydrogen) atoms. The molecule has 3 aromatic rings. The molecule has 3 rings (SSSR count). The zero-order chi connectivity index (χ0) is 26.1. The van der Waals surface area contributed by atoms with Gasteiger partial charge in [-0.1, -0.05) is 35.9 Å². The number of carbonyl (C=O) groups is 3. The van der Waals surface area contributed by atoms with Gasteiger partial charge in [0.25, 0.3) is 5.91 Å². The number of nitrogens with two attached hydrogens (primary N) is 2. The zero-order valence-electron chi connectivity index (χ0n) is 20.3. The number of nitrogens with one attached hydrogen (secondary N) is 2. The second kappa shape index (κ2) is 12.6. The first kappa shape index (κ1) is 26.5. The predicted octanol–water partition coefficient (Wildman–Crippen LogP) is 1.91. The average molecular weight is 493 g/mol. The Labute approximate surface area is 209 Å². The second-order valence-corrected chi connectivity index (χ2v) is 8.67. The summed E-state index contributed by atoms with van der Waals surface area (Å²) in [5.74, 6) is -0.749. The van der Waals surface area contributed by atoms with Gasteiger partial charge in [-0.3, -0.25) is 14.4 Å². The number of hydrogen-bond donors (Lipinski definition) is 5. The number of ether oxygens (including phenoxy) is 1. The Morgan fingerprint density at radius 2 is 1.72 bits per heavy atom. The third-order valence-electron chi connectivity index (χ3n) is 5.62. The normalized spacial score (nSPS) is 11.6. The fourth-order valence-electron chi connectivity index (χ4n) is 3.69. The van der Waals surface area contributed by atoms with Gasteiger partial charge in [-0.2, -0.15) is 0 Å². The lowest BCUT2D eigenvalue weighted by molar-refractivity contribution is -0.122. The number of benzene rings is 3. The molecule has 7 N–H and O–H groups in total. The van der Waals surface area contributed by atoms with Gasteiger partial charge in [-0.05, 0) is 66.8 Å². The molecule has 0 heterocycles. The van der Waals surface area contributed by atoms with Gasteiger partial charge in [-0.25, -0.2) is 0 Å². The van der Waals surface area contributed by atoms with Crippen LogP contribution in [0.15, 0.2) is 54.6 Å². The summed E-state index contributed by atoms with van der Waals surface area (Å²) in [6.07, 6.45) is 1.67. The second-order valence-electron chi connectivity index (χ2n) is 8.67. The summed E-state index contributed by atoms with van der Waals surface area (Å²) in [7, 11) is 0. The lowest BCUT2D eigenvalue weighted by Crippen LogP contribution is -2.42. The molecule has 3 amide bonds. The van der Waals surface area contributed by atoms with Crippen LogP contribution in [0.2, 0.25) is 0 Å². The van der Waals surface area contributed by atoms with Crippen molar-refractivity contribution in [2.24, 2.45) is 11.5 Å². The molecule has 1 atom stereocenters. The van der Waals surface area contributed by atoms with Crippen molar-refractivity contribution in [2.75, 3.05) is 19.7 Å². The number of amides is 3. The van der Waals surface area contributed by atoms with Crippen LogP contribution < -0.4 is 26.8 Å². The van der Waals surface area contributed by atoms with Crippen LogP contribution in [0.1, 0.15) is 34.3 Å². The van der Waals surface area contributed by atoms with E-state index in [1.165, 1.54) is 0 Å². The zero-order valence-corrected chi connectivity index (χ0v) is 20.3. The molecule has 0 radical (unpaired) electrons. The lowest BCUT2D eigenvalue weighted by Gasteiger charge is -2.14. The summed E-state index contributed by atoms with van der Waals surface area (Å²) in [6, 6.07) is 15.3. The molecule has 0 saturated carbocycles. The monoisotopic (exact) mass is 492 g/mol. The molecule has 0 aliphatic heterocycles. The molecular formula is C27H32N4O5. The van der Waals surface area contributed by atoms with Crippen molar-refractivity contribution in [3.05, 3.63) is 71.3 Å². The molecule has 0 aliphatic carbocycles. The van der Waals surface area contributed by atoms with Crippen LogP contribution in [0, 0.1) is 6.92 Å². The van der Waals surface area contributed by atoms with Crippen LogP contribution >= 0.6 is 0 Å². The molecule has 1 unspecified atom stereocenters. The first-order chi connectivity index (χ1) is 17.2. The van der Waals surface area contributed by atoms with Gasteiger partial charge in [0, 0.05) is 6.54 Å². The van der Waals surface area contributed by atoms with Gasteiger partial charge in [0.15, 0.2) is 0 Å². The molecule has 9 nitrogen and oxygen atoms in total. The smallest absolute Gasteiger partial charge is 0.255 e. The lowest BCUT2D eigenvalue weighted by atomic mass is 10.0. The number of primary amides is 1. The molecule has 3 aromatic carbocycles. The SMILES string of the molecule is Cc1ccc2cc(OCCCCNC(=O)C(N)Cc3ccc(O)cc3)c(C(=O)NCC(N)=O)cc2c1. The highest BCUT2D eigenvalue weighted by Gasteiger charge is 2.16. The Morgan fingerprint density at radius 3 is 2.44 bits per heavy atom. The summed E-state index contributed by atoms with van der Waals surface area (Å²) in [5, 5.41) is 16.5. The van der Waals surface area contributed by atoms with Crippen molar-refractivity contribution < 1.29 is 24.2 Å². The van der Waals surface area contributed by atoms with E-state index >= 15 is 0 Å². The molecule has 0 saturated heterocycles. The minimum absolute atomic E-state index is 0.163. The molecule has 0 aliphatic rings. The standard InChI is InChI=1S/C27H32N4O5/c1-17-4-7-19-15-24(22(14-20(19)12-17)26(34)31-16-25(29)33)36-11-3-2-10-30-27(35)23(28)13-18-5-8-21(32)9-6-18/h4-9,12,14-15,23,32H,2-3,10-11,13,16,28H2,1H3,(H2,29,33)(H,30,35)(H,31,34). The number of aryl methyl sites for hydroxylation is 1. The maximum atomic E-state index is 12.6. The van der Waals surface area contributed by atoms with Crippen molar-refractivity contribution >= 4 is 28.5 Å². The van der Waals surface area contributed by atoms with Crippen LogP contribution in [0.3, 0.4) is 0 Å². The van der Waals surface area contributed by atoms with E-state index in [2.05, 4.69) is 10.6 Å². The highest BCUT2D eigenvalue weighted by molar-refractivity contribution is 6.02. The fourth-order valence-corrected chi connectivity index (χ4v) is 3.69. The van der Waals surface area contributed by atoms with Crippen molar-refractivity contribution in [3.8, 4) is 11.5 Å². The third kappa shape index (κ3) is 7.71. The number of phenolic OH excluding ortho intramolecular Hbond substituents is 1. The molecule has 190 valence electrons. The number of fused-ring (bicyclic) bond motifs is 1.